The first-order valence-corrected chi connectivity index (χ1v) is 8.80. The van der Waals surface area contributed by atoms with Crippen molar-refractivity contribution < 1.29 is 9.53 Å². The Hall–Kier alpha value is -0.730. The molecule has 2 rings (SSSR count). The van der Waals surface area contributed by atoms with E-state index < -0.39 is 5.60 Å². The Morgan fingerprint density at radius 2 is 1.79 bits per heavy atom. The minimum Gasteiger partial charge on any atom is -0.444 e. The van der Waals surface area contributed by atoms with Crippen LogP contribution >= 0.6 is 24.0 Å². The minimum atomic E-state index is -0.433. The molecule has 1 saturated heterocycles. The highest BCUT2D eigenvalue weighted by Crippen LogP contribution is 2.27. The molecule has 0 bridgehead atoms. The number of rotatable bonds is 4. The van der Waals surface area contributed by atoms with E-state index in [9.17, 15) is 4.79 Å². The molecular formula is C17H33IN4O2. The van der Waals surface area contributed by atoms with Gasteiger partial charge in [0, 0.05) is 33.2 Å². The summed E-state index contributed by atoms with van der Waals surface area (Å²) in [5.41, 5.74) is -0.433. The maximum Gasteiger partial charge on any atom is 0.410 e. The highest BCUT2D eigenvalue weighted by Gasteiger charge is 2.27. The zero-order valence-corrected chi connectivity index (χ0v) is 17.8. The molecule has 0 radical (unpaired) electrons. The second-order valence-corrected chi connectivity index (χ2v) is 7.71. The van der Waals surface area contributed by atoms with Gasteiger partial charge in [0.1, 0.15) is 5.60 Å². The summed E-state index contributed by atoms with van der Waals surface area (Å²) in [7, 11) is 1.80. The minimum absolute atomic E-state index is 0. The zero-order valence-electron chi connectivity index (χ0n) is 15.4. The van der Waals surface area contributed by atoms with Gasteiger partial charge in [-0.15, -0.1) is 24.0 Å². The number of carbonyl (C=O) groups excluding carboxylic acids is 1. The number of hydrogen-bond acceptors (Lipinski definition) is 3. The second-order valence-electron chi connectivity index (χ2n) is 7.71. The van der Waals surface area contributed by atoms with Gasteiger partial charge in [-0.05, 0) is 58.3 Å². The van der Waals surface area contributed by atoms with Crippen LogP contribution in [0.5, 0.6) is 0 Å². The van der Waals surface area contributed by atoms with Crippen LogP contribution in [0, 0.1) is 11.8 Å². The lowest BCUT2D eigenvalue weighted by Gasteiger charge is -2.34. The summed E-state index contributed by atoms with van der Waals surface area (Å²) in [6.07, 6.45) is 4.62. The summed E-state index contributed by atoms with van der Waals surface area (Å²) in [6.45, 7) is 9.11. The third-order valence-electron chi connectivity index (χ3n) is 4.21. The van der Waals surface area contributed by atoms with E-state index in [1.807, 2.05) is 25.7 Å². The Balaban J connectivity index is 0.00000288. The van der Waals surface area contributed by atoms with Crippen LogP contribution in [0.4, 0.5) is 4.79 Å². The number of guanidine groups is 1. The van der Waals surface area contributed by atoms with Crippen molar-refractivity contribution in [1.29, 1.82) is 0 Å². The van der Waals surface area contributed by atoms with Gasteiger partial charge in [-0.1, -0.05) is 0 Å². The van der Waals surface area contributed by atoms with Crippen molar-refractivity contribution in [1.82, 2.24) is 15.5 Å². The van der Waals surface area contributed by atoms with E-state index in [4.69, 9.17) is 4.74 Å². The predicted octanol–water partition coefficient (Wildman–Crippen LogP) is 2.83. The molecule has 2 aliphatic rings. The summed E-state index contributed by atoms with van der Waals surface area (Å²) in [5.74, 6) is 2.13. The molecule has 6 nitrogen and oxygen atoms in total. The smallest absolute Gasteiger partial charge is 0.410 e. The number of carbonyl (C=O) groups is 1. The van der Waals surface area contributed by atoms with Gasteiger partial charge >= 0.3 is 6.09 Å². The van der Waals surface area contributed by atoms with Crippen LogP contribution < -0.4 is 10.6 Å². The Morgan fingerprint density at radius 1 is 1.17 bits per heavy atom. The lowest BCUT2D eigenvalue weighted by atomic mass is 9.98. The van der Waals surface area contributed by atoms with Crippen molar-refractivity contribution in [2.24, 2.45) is 16.8 Å². The van der Waals surface area contributed by atoms with Crippen molar-refractivity contribution in [3.05, 3.63) is 0 Å². The maximum absolute atomic E-state index is 12.2. The molecule has 140 valence electrons. The van der Waals surface area contributed by atoms with Gasteiger partial charge in [-0.2, -0.15) is 0 Å². The van der Waals surface area contributed by atoms with Gasteiger partial charge in [0.25, 0.3) is 0 Å². The molecule has 2 fully saturated rings. The van der Waals surface area contributed by atoms with Gasteiger partial charge in [0.15, 0.2) is 5.96 Å². The highest BCUT2D eigenvalue weighted by molar-refractivity contribution is 14.0. The number of ether oxygens (including phenoxy) is 1. The maximum atomic E-state index is 12.2. The molecule has 1 atom stereocenters. The molecular weight excluding hydrogens is 419 g/mol. The average Bonchev–Trinajstić information content (AvgIpc) is 3.30. The van der Waals surface area contributed by atoms with Crippen molar-refractivity contribution >= 4 is 36.0 Å². The van der Waals surface area contributed by atoms with Crippen LogP contribution in [0.15, 0.2) is 4.99 Å². The summed E-state index contributed by atoms with van der Waals surface area (Å²) in [4.78, 5) is 18.3. The fourth-order valence-corrected chi connectivity index (χ4v) is 2.75. The molecule has 2 N–H and O–H groups in total. The first-order valence-electron chi connectivity index (χ1n) is 8.80. The van der Waals surface area contributed by atoms with Crippen molar-refractivity contribution in [2.75, 3.05) is 33.2 Å². The van der Waals surface area contributed by atoms with Gasteiger partial charge in [0.05, 0.1) is 0 Å². The summed E-state index contributed by atoms with van der Waals surface area (Å²) in [6, 6.07) is 0. The van der Waals surface area contributed by atoms with Crippen molar-refractivity contribution in [3.8, 4) is 0 Å². The van der Waals surface area contributed by atoms with Crippen LogP contribution in [0.3, 0.4) is 0 Å². The number of piperidine rings is 1. The molecule has 1 heterocycles. The molecule has 7 heteroatoms. The van der Waals surface area contributed by atoms with Crippen LogP contribution in [-0.4, -0.2) is 55.8 Å². The number of nitrogens with zero attached hydrogens (tertiary/aromatic N) is 2. The SMILES string of the molecule is CN=C(NCC1CC1)NCC1CCCN(C(=O)OC(C)(C)C)C1.I. The van der Waals surface area contributed by atoms with Gasteiger partial charge < -0.3 is 20.3 Å². The van der Waals surface area contributed by atoms with E-state index in [1.54, 1.807) is 7.05 Å². The molecule has 1 aliphatic heterocycles. The normalized spacial score (nSPS) is 21.8. The topological polar surface area (TPSA) is 66.0 Å². The van der Waals surface area contributed by atoms with Crippen molar-refractivity contribution in [2.45, 2.75) is 52.1 Å². The molecule has 24 heavy (non-hydrogen) atoms. The predicted molar refractivity (Wildman–Crippen MR) is 108 cm³/mol. The third-order valence-corrected chi connectivity index (χ3v) is 4.21. The standard InChI is InChI=1S/C17H32N4O2.HI/c1-17(2,3)23-16(22)21-9-5-6-14(12-21)11-20-15(18-4)19-10-13-7-8-13;/h13-14H,5-12H2,1-4H3,(H2,18,19,20);1H. The van der Waals surface area contributed by atoms with E-state index in [0.29, 0.717) is 5.92 Å². The van der Waals surface area contributed by atoms with Crippen LogP contribution in [0.25, 0.3) is 0 Å². The summed E-state index contributed by atoms with van der Waals surface area (Å²) >= 11 is 0. The van der Waals surface area contributed by atoms with Crippen LogP contribution in [0.1, 0.15) is 46.5 Å². The zero-order chi connectivity index (χ0) is 16.9. The fourth-order valence-electron chi connectivity index (χ4n) is 2.75. The molecule has 1 aliphatic carbocycles. The first kappa shape index (κ1) is 21.3. The quantitative estimate of drug-likeness (QED) is 0.391. The average molecular weight is 452 g/mol. The summed E-state index contributed by atoms with van der Waals surface area (Å²) in [5, 5.41) is 6.76. The summed E-state index contributed by atoms with van der Waals surface area (Å²) < 4.78 is 5.47. The number of nitrogens with one attached hydrogen (secondary N) is 2. The molecule has 1 saturated carbocycles. The second kappa shape index (κ2) is 9.68. The lowest BCUT2D eigenvalue weighted by Crippen LogP contribution is -2.47. The van der Waals surface area contributed by atoms with E-state index in [-0.39, 0.29) is 30.1 Å². The monoisotopic (exact) mass is 452 g/mol. The number of aliphatic imine (C=N–C) groups is 1. The Labute approximate surface area is 163 Å². The van der Waals surface area contributed by atoms with Crippen LogP contribution in [-0.2, 0) is 4.74 Å². The Kier molecular flexibility index (Phi) is 8.59. The van der Waals surface area contributed by atoms with Gasteiger partial charge in [-0.25, -0.2) is 4.79 Å². The third kappa shape index (κ3) is 7.90. The van der Waals surface area contributed by atoms with E-state index in [2.05, 4.69) is 15.6 Å². The van der Waals surface area contributed by atoms with Crippen molar-refractivity contribution in [3.63, 3.8) is 0 Å². The first-order chi connectivity index (χ1) is 10.9. The number of halogens is 1. The van der Waals surface area contributed by atoms with E-state index in [1.165, 1.54) is 12.8 Å². The Bertz CT molecular complexity index is 433. The molecule has 0 aromatic carbocycles. The van der Waals surface area contributed by atoms with Gasteiger partial charge in [-0.3, -0.25) is 4.99 Å². The highest BCUT2D eigenvalue weighted by atomic mass is 127. The molecule has 1 amide bonds. The number of likely N-dealkylation sites (tertiary alicyclic amines) is 1. The Morgan fingerprint density at radius 3 is 2.33 bits per heavy atom. The number of amides is 1. The molecule has 1 unspecified atom stereocenters. The van der Waals surface area contributed by atoms with E-state index in [0.717, 1.165) is 50.9 Å². The fraction of sp³-hybridized carbons (Fsp3) is 0.882. The van der Waals surface area contributed by atoms with Crippen LogP contribution in [0.2, 0.25) is 0 Å². The largest absolute Gasteiger partial charge is 0.444 e. The molecule has 0 aromatic heterocycles. The van der Waals surface area contributed by atoms with Gasteiger partial charge in [0.2, 0.25) is 0 Å². The molecule has 0 spiro atoms. The van der Waals surface area contributed by atoms with E-state index >= 15 is 0 Å². The molecule has 0 aromatic rings. The lowest BCUT2D eigenvalue weighted by molar-refractivity contribution is 0.0168. The number of hydrogen-bond donors (Lipinski definition) is 2.